The molecule has 0 spiro atoms. The number of allylic oxidation sites excluding steroid dienone is 2. The lowest BCUT2D eigenvalue weighted by Gasteiger charge is -2.18. The van der Waals surface area contributed by atoms with Crippen molar-refractivity contribution in [2.45, 2.75) is 19.0 Å². The van der Waals surface area contributed by atoms with E-state index in [1.54, 1.807) is 0 Å². The van der Waals surface area contributed by atoms with E-state index in [1.807, 2.05) is 0 Å². The van der Waals surface area contributed by atoms with Crippen LogP contribution in [0.4, 0.5) is 0 Å². The summed E-state index contributed by atoms with van der Waals surface area (Å²) in [5.41, 5.74) is 5.32. The summed E-state index contributed by atoms with van der Waals surface area (Å²) in [6.45, 7) is 0.864. The molecule has 0 saturated heterocycles. The Balaban J connectivity index is 1.63. The highest BCUT2D eigenvalue weighted by molar-refractivity contribution is 5.45. The van der Waals surface area contributed by atoms with Gasteiger partial charge in [0.15, 0.2) is 11.7 Å². The van der Waals surface area contributed by atoms with Crippen LogP contribution in [0.2, 0.25) is 0 Å². The Morgan fingerprint density at radius 1 is 0.781 bits per heavy atom. The van der Waals surface area contributed by atoms with E-state index >= 15 is 0 Å². The molecule has 0 radical (unpaired) electrons. The van der Waals surface area contributed by atoms with Gasteiger partial charge < -0.3 is 0 Å². The van der Waals surface area contributed by atoms with E-state index in [0.717, 1.165) is 13.0 Å². The zero-order valence-electron chi connectivity index (χ0n) is 17.9. The highest BCUT2D eigenvalue weighted by Gasteiger charge is 2.34. The zero-order valence-corrected chi connectivity index (χ0v) is 17.9. The molecule has 0 N–H and O–H groups in total. The number of rotatable bonds is 3. The SMILES string of the molecule is C1=CCc2cccc(=c3cccc4[n+]3=CN(Cc3ccccc3)C4c3ccccc3)c2=C1. The van der Waals surface area contributed by atoms with Crippen molar-refractivity contribution in [1.82, 2.24) is 4.90 Å². The lowest BCUT2D eigenvalue weighted by atomic mass is 10.0. The van der Waals surface area contributed by atoms with Gasteiger partial charge in [0.2, 0.25) is 6.34 Å². The summed E-state index contributed by atoms with van der Waals surface area (Å²) in [4.78, 5) is 2.46. The fourth-order valence-electron chi connectivity index (χ4n) is 4.99. The van der Waals surface area contributed by atoms with Crippen LogP contribution in [-0.4, -0.2) is 4.90 Å². The fourth-order valence-corrected chi connectivity index (χ4v) is 4.99. The molecule has 4 aromatic rings. The van der Waals surface area contributed by atoms with Crippen molar-refractivity contribution in [3.8, 4) is 0 Å². The summed E-state index contributed by atoms with van der Waals surface area (Å²) in [7, 11) is 0. The van der Waals surface area contributed by atoms with Crippen molar-refractivity contribution in [2.24, 2.45) is 0 Å². The minimum absolute atomic E-state index is 0.180. The number of fused-ring (bicyclic) bond motifs is 2. The summed E-state index contributed by atoms with van der Waals surface area (Å²) >= 11 is 0. The van der Waals surface area contributed by atoms with Crippen LogP contribution < -0.4 is 9.46 Å². The van der Waals surface area contributed by atoms with Crippen LogP contribution in [0.1, 0.15) is 28.4 Å². The third-order valence-electron chi connectivity index (χ3n) is 6.47. The van der Waals surface area contributed by atoms with Crippen molar-refractivity contribution < 1.29 is 4.24 Å². The molecule has 0 bridgehead atoms. The number of pyridine rings is 1. The Kier molecular flexibility index (Phi) is 4.69. The molecule has 3 aromatic carbocycles. The van der Waals surface area contributed by atoms with Crippen molar-refractivity contribution in [3.63, 3.8) is 0 Å². The first kappa shape index (κ1) is 18.8. The number of nitrogens with zero attached hydrogens (tertiary/aromatic N) is 2. The molecule has 0 amide bonds. The van der Waals surface area contributed by atoms with Crippen LogP contribution in [0.5, 0.6) is 0 Å². The van der Waals surface area contributed by atoms with Gasteiger partial charge in [-0.2, -0.15) is 4.24 Å². The average Bonchev–Trinajstić information content (AvgIpc) is 3.23. The molecule has 32 heavy (non-hydrogen) atoms. The minimum Gasteiger partial charge on any atom is -0.249 e. The average molecular weight is 414 g/mol. The normalized spacial score (nSPS) is 17.2. The van der Waals surface area contributed by atoms with E-state index < -0.39 is 0 Å². The summed E-state index contributed by atoms with van der Waals surface area (Å²) < 4.78 is 2.39. The lowest BCUT2D eigenvalue weighted by molar-refractivity contribution is -0.525. The molecule has 1 unspecified atom stereocenters. The molecule has 154 valence electrons. The van der Waals surface area contributed by atoms with Crippen LogP contribution in [0.25, 0.3) is 6.08 Å². The topological polar surface area (TPSA) is 9.14 Å². The van der Waals surface area contributed by atoms with E-state index in [-0.39, 0.29) is 6.04 Å². The second-order valence-electron chi connectivity index (χ2n) is 8.47. The molecular weight excluding hydrogens is 388 g/mol. The smallest absolute Gasteiger partial charge is 0.245 e. The Labute approximate surface area is 188 Å². The maximum atomic E-state index is 2.46. The second-order valence-corrected chi connectivity index (χ2v) is 8.47. The first-order chi connectivity index (χ1) is 15.9. The molecule has 2 heterocycles. The summed E-state index contributed by atoms with van der Waals surface area (Å²) in [6, 6.07) is 35.1. The van der Waals surface area contributed by atoms with E-state index in [9.17, 15) is 0 Å². The zero-order chi connectivity index (χ0) is 21.3. The van der Waals surface area contributed by atoms with Gasteiger partial charge >= 0.3 is 0 Å². The molecule has 1 atom stereocenters. The molecule has 2 heteroatoms. The third kappa shape index (κ3) is 3.25. The van der Waals surface area contributed by atoms with Gasteiger partial charge in [0.1, 0.15) is 11.9 Å². The number of hydrogen-bond donors (Lipinski definition) is 0. The van der Waals surface area contributed by atoms with Gasteiger partial charge in [-0.3, -0.25) is 0 Å². The van der Waals surface area contributed by atoms with Crippen LogP contribution in [0, 0.1) is 16.9 Å². The van der Waals surface area contributed by atoms with Crippen molar-refractivity contribution in [1.29, 1.82) is 0 Å². The summed E-state index contributed by atoms with van der Waals surface area (Å²) in [6.07, 6.45) is 9.95. The van der Waals surface area contributed by atoms with Gasteiger partial charge in [0.05, 0.1) is 0 Å². The quantitative estimate of drug-likeness (QED) is 0.441. The highest BCUT2D eigenvalue weighted by Crippen LogP contribution is 2.30. The van der Waals surface area contributed by atoms with Crippen LogP contribution in [-0.2, 0) is 13.0 Å². The van der Waals surface area contributed by atoms with Gasteiger partial charge in [-0.15, -0.1) is 0 Å². The highest BCUT2D eigenvalue weighted by atomic mass is 15.2. The van der Waals surface area contributed by atoms with Gasteiger partial charge in [-0.1, -0.05) is 103 Å². The van der Waals surface area contributed by atoms with Crippen LogP contribution >= 0.6 is 0 Å². The predicted octanol–water partition coefficient (Wildman–Crippen LogP) is 4.73. The Bertz CT molecular complexity index is 1520. The fraction of sp³-hybridized carbons (Fsp3) is 0.100. The van der Waals surface area contributed by atoms with E-state index in [0.29, 0.717) is 0 Å². The monoisotopic (exact) mass is 413 g/mol. The maximum absolute atomic E-state index is 2.46. The van der Waals surface area contributed by atoms with Crippen molar-refractivity contribution >= 4 is 6.08 Å². The lowest BCUT2D eigenvalue weighted by Crippen LogP contribution is -2.24. The molecule has 1 aliphatic carbocycles. The van der Waals surface area contributed by atoms with Crippen LogP contribution in [0.15, 0.2) is 109 Å². The van der Waals surface area contributed by atoms with Gasteiger partial charge in [0, 0.05) is 10.8 Å². The summed E-state index contributed by atoms with van der Waals surface area (Å²) in [5, 5.41) is 3.86. The van der Waals surface area contributed by atoms with Crippen LogP contribution in [0.3, 0.4) is 0 Å². The molecule has 1 aliphatic heterocycles. The summed E-state index contributed by atoms with van der Waals surface area (Å²) in [5.74, 6) is 0. The van der Waals surface area contributed by atoms with Crippen molar-refractivity contribution in [3.05, 3.63) is 154 Å². The van der Waals surface area contributed by atoms with E-state index in [1.165, 1.54) is 38.2 Å². The standard InChI is InChI=1S/C30H25N2/c1-3-11-23(12-4-1)21-31-22-32-28(27-18-9-16-24-13-7-8-17-26(24)27)19-10-20-29(32)30(31)25-14-5-2-6-15-25/h1-12,14-20,22,30H,13,21H2/q+1. The first-order valence-corrected chi connectivity index (χ1v) is 11.2. The first-order valence-electron chi connectivity index (χ1n) is 11.2. The second kappa shape index (κ2) is 7.97. The van der Waals surface area contributed by atoms with Gasteiger partial charge in [0.25, 0.3) is 0 Å². The largest absolute Gasteiger partial charge is 0.249 e. The molecule has 0 fully saturated rings. The number of aromatic nitrogens is 1. The molecule has 0 saturated carbocycles. The third-order valence-corrected chi connectivity index (χ3v) is 6.47. The Morgan fingerprint density at radius 2 is 1.56 bits per heavy atom. The van der Waals surface area contributed by atoms with E-state index in [2.05, 4.69) is 131 Å². The molecule has 2 aliphatic rings. The van der Waals surface area contributed by atoms with E-state index in [4.69, 9.17) is 0 Å². The van der Waals surface area contributed by atoms with Crippen molar-refractivity contribution in [2.75, 3.05) is 0 Å². The predicted molar refractivity (Wildman–Crippen MR) is 128 cm³/mol. The molecule has 6 rings (SSSR count). The number of benzene rings is 3. The number of hydrogen-bond acceptors (Lipinski definition) is 1. The van der Waals surface area contributed by atoms with Gasteiger partial charge in [-0.05, 0) is 34.9 Å². The Hall–Kier alpha value is -3.91. The minimum atomic E-state index is 0.180. The molecule has 1 aromatic heterocycles. The molecular formula is C30H25N2+. The molecule has 2 nitrogen and oxygen atoms in total. The maximum Gasteiger partial charge on any atom is 0.245 e. The Morgan fingerprint density at radius 3 is 2.41 bits per heavy atom. The van der Waals surface area contributed by atoms with Gasteiger partial charge in [-0.25, -0.2) is 4.90 Å².